The summed E-state index contributed by atoms with van der Waals surface area (Å²) in [5.41, 5.74) is 3.57. The van der Waals surface area contributed by atoms with Crippen LogP contribution in [0.25, 0.3) is 0 Å². The maximum absolute atomic E-state index is 12.7. The molecule has 1 aliphatic heterocycles. The molecule has 0 spiro atoms. The average Bonchev–Trinajstić information content (AvgIpc) is 2.76. The number of carbonyl (C=O) groups is 2. The van der Waals surface area contributed by atoms with Crippen molar-refractivity contribution in [3.8, 4) is 5.75 Å². The molecule has 166 valence electrons. The minimum atomic E-state index is -0.357. The normalized spacial score (nSPS) is 15.8. The van der Waals surface area contributed by atoms with Crippen molar-refractivity contribution in [1.82, 2.24) is 15.5 Å². The van der Waals surface area contributed by atoms with Gasteiger partial charge in [0.25, 0.3) is 0 Å². The molecule has 0 saturated carbocycles. The van der Waals surface area contributed by atoms with Crippen LogP contribution in [0.2, 0.25) is 0 Å². The van der Waals surface area contributed by atoms with Gasteiger partial charge < -0.3 is 15.4 Å². The van der Waals surface area contributed by atoms with E-state index in [9.17, 15) is 9.59 Å². The molecule has 0 aliphatic carbocycles. The van der Waals surface area contributed by atoms with E-state index in [0.717, 1.165) is 43.8 Å². The molecule has 1 aliphatic rings. The van der Waals surface area contributed by atoms with Crippen molar-refractivity contribution in [3.63, 3.8) is 0 Å². The molecule has 31 heavy (non-hydrogen) atoms. The first-order chi connectivity index (χ1) is 14.9. The smallest absolute Gasteiger partial charge is 0.222 e. The van der Waals surface area contributed by atoms with Gasteiger partial charge in [-0.15, -0.1) is 0 Å². The summed E-state index contributed by atoms with van der Waals surface area (Å²) in [5.74, 6) is 0.553. The van der Waals surface area contributed by atoms with Crippen LogP contribution in [0, 0.1) is 6.92 Å². The third-order valence-electron chi connectivity index (χ3n) is 5.89. The lowest BCUT2D eigenvalue weighted by atomic mass is 10.0. The van der Waals surface area contributed by atoms with Gasteiger partial charge in [0.2, 0.25) is 11.8 Å². The van der Waals surface area contributed by atoms with Gasteiger partial charge in [0.1, 0.15) is 5.75 Å². The highest BCUT2D eigenvalue weighted by molar-refractivity contribution is 5.79. The summed E-state index contributed by atoms with van der Waals surface area (Å²) in [6.07, 6.45) is 2.09. The molecule has 1 saturated heterocycles. The molecule has 1 heterocycles. The van der Waals surface area contributed by atoms with Crippen LogP contribution in [-0.4, -0.2) is 43.0 Å². The Hall–Kier alpha value is -2.86. The first-order valence-electron chi connectivity index (χ1n) is 10.9. The van der Waals surface area contributed by atoms with Gasteiger partial charge in [-0.2, -0.15) is 0 Å². The van der Waals surface area contributed by atoms with Crippen molar-refractivity contribution in [2.75, 3.05) is 20.2 Å². The minimum Gasteiger partial charge on any atom is -0.497 e. The summed E-state index contributed by atoms with van der Waals surface area (Å²) in [4.78, 5) is 26.8. The van der Waals surface area contributed by atoms with E-state index in [0.29, 0.717) is 0 Å². The second kappa shape index (κ2) is 11.0. The van der Waals surface area contributed by atoms with E-state index in [1.54, 1.807) is 7.11 Å². The molecule has 6 nitrogen and oxygen atoms in total. The van der Waals surface area contributed by atoms with Crippen LogP contribution in [0.15, 0.2) is 48.5 Å². The van der Waals surface area contributed by atoms with Gasteiger partial charge in [-0.1, -0.05) is 36.4 Å². The summed E-state index contributed by atoms with van der Waals surface area (Å²) in [7, 11) is 1.61. The van der Waals surface area contributed by atoms with E-state index < -0.39 is 0 Å². The van der Waals surface area contributed by atoms with Crippen molar-refractivity contribution in [1.29, 1.82) is 0 Å². The molecule has 2 amide bonds. The van der Waals surface area contributed by atoms with Crippen molar-refractivity contribution < 1.29 is 14.3 Å². The number of hydrogen-bond donors (Lipinski definition) is 2. The number of amides is 2. The molecule has 0 radical (unpaired) electrons. The van der Waals surface area contributed by atoms with Gasteiger partial charge in [-0.25, -0.2) is 0 Å². The van der Waals surface area contributed by atoms with Crippen molar-refractivity contribution in [3.05, 3.63) is 65.2 Å². The quantitative estimate of drug-likeness (QED) is 0.683. The molecule has 0 aromatic heterocycles. The standard InChI is InChI=1S/C25H33N3O3/c1-18-6-4-5-7-21(18)17-28-14-12-22(13-15-28)27-25(30)16-24(26-19(2)29)20-8-10-23(31-3)11-9-20/h4-11,22,24H,12-17H2,1-3H3,(H,26,29)(H,27,30). The maximum atomic E-state index is 12.7. The van der Waals surface area contributed by atoms with Gasteiger partial charge in [0.05, 0.1) is 19.6 Å². The Labute approximate surface area is 185 Å². The molecule has 2 aromatic carbocycles. The van der Waals surface area contributed by atoms with Crippen LogP contribution in [0.1, 0.15) is 48.9 Å². The molecule has 2 N–H and O–H groups in total. The number of aryl methyl sites for hydroxylation is 1. The topological polar surface area (TPSA) is 70.7 Å². The fourth-order valence-corrected chi connectivity index (χ4v) is 4.07. The zero-order valence-electron chi connectivity index (χ0n) is 18.7. The summed E-state index contributed by atoms with van der Waals surface area (Å²) in [6.45, 7) is 6.50. The molecule has 2 aromatic rings. The number of methoxy groups -OCH3 is 1. The summed E-state index contributed by atoms with van der Waals surface area (Å²) < 4.78 is 5.19. The van der Waals surface area contributed by atoms with Crippen LogP contribution < -0.4 is 15.4 Å². The van der Waals surface area contributed by atoms with Crippen LogP contribution >= 0.6 is 0 Å². The number of benzene rings is 2. The Morgan fingerprint density at radius 1 is 1.10 bits per heavy atom. The maximum Gasteiger partial charge on any atom is 0.222 e. The lowest BCUT2D eigenvalue weighted by Gasteiger charge is -2.33. The number of nitrogens with zero attached hydrogens (tertiary/aromatic N) is 1. The highest BCUT2D eigenvalue weighted by Crippen LogP contribution is 2.21. The minimum absolute atomic E-state index is 0.0353. The lowest BCUT2D eigenvalue weighted by Crippen LogP contribution is -2.45. The number of rotatable bonds is 8. The number of nitrogens with one attached hydrogen (secondary N) is 2. The largest absolute Gasteiger partial charge is 0.497 e. The lowest BCUT2D eigenvalue weighted by molar-refractivity contribution is -0.123. The second-order valence-corrected chi connectivity index (χ2v) is 8.27. The zero-order valence-corrected chi connectivity index (χ0v) is 18.7. The van der Waals surface area contributed by atoms with Crippen LogP contribution in [0.5, 0.6) is 5.75 Å². The Morgan fingerprint density at radius 2 is 1.77 bits per heavy atom. The number of piperidine rings is 1. The third kappa shape index (κ3) is 6.82. The molecule has 3 rings (SSSR count). The van der Waals surface area contributed by atoms with E-state index in [2.05, 4.69) is 46.7 Å². The third-order valence-corrected chi connectivity index (χ3v) is 5.89. The van der Waals surface area contributed by atoms with E-state index in [1.165, 1.54) is 18.1 Å². The van der Waals surface area contributed by atoms with E-state index >= 15 is 0 Å². The average molecular weight is 424 g/mol. The van der Waals surface area contributed by atoms with Crippen LogP contribution in [-0.2, 0) is 16.1 Å². The molecule has 1 fully saturated rings. The molecular formula is C25H33N3O3. The van der Waals surface area contributed by atoms with Gasteiger partial charge in [-0.3, -0.25) is 14.5 Å². The van der Waals surface area contributed by atoms with Gasteiger partial charge in [0.15, 0.2) is 0 Å². The number of likely N-dealkylation sites (tertiary alicyclic amines) is 1. The molecule has 6 heteroatoms. The number of ether oxygens (including phenoxy) is 1. The van der Waals surface area contributed by atoms with Crippen molar-refractivity contribution in [2.45, 2.75) is 51.7 Å². The summed E-state index contributed by atoms with van der Waals surface area (Å²) in [5, 5.41) is 6.06. The SMILES string of the molecule is COc1ccc(C(CC(=O)NC2CCN(Cc3ccccc3C)CC2)NC(C)=O)cc1. The van der Waals surface area contributed by atoms with E-state index in [1.807, 2.05) is 24.3 Å². The Kier molecular flexibility index (Phi) is 8.06. The predicted octanol–water partition coefficient (Wildman–Crippen LogP) is 3.35. The number of carbonyl (C=O) groups excluding carboxylic acids is 2. The van der Waals surface area contributed by atoms with Crippen molar-refractivity contribution in [2.24, 2.45) is 0 Å². The first-order valence-corrected chi connectivity index (χ1v) is 10.9. The Balaban J connectivity index is 1.50. The summed E-state index contributed by atoms with van der Waals surface area (Å²) in [6, 6.07) is 15.8. The van der Waals surface area contributed by atoms with E-state index in [4.69, 9.17) is 4.74 Å². The Morgan fingerprint density at radius 3 is 2.39 bits per heavy atom. The first kappa shape index (κ1) is 22.8. The molecule has 1 unspecified atom stereocenters. The van der Waals surface area contributed by atoms with Gasteiger partial charge in [-0.05, 0) is 48.6 Å². The number of hydrogen-bond acceptors (Lipinski definition) is 4. The van der Waals surface area contributed by atoms with E-state index in [-0.39, 0.29) is 30.3 Å². The zero-order chi connectivity index (χ0) is 22.2. The molecule has 0 bridgehead atoms. The van der Waals surface area contributed by atoms with Crippen LogP contribution in [0.4, 0.5) is 0 Å². The van der Waals surface area contributed by atoms with Gasteiger partial charge >= 0.3 is 0 Å². The highest BCUT2D eigenvalue weighted by atomic mass is 16.5. The molecular weight excluding hydrogens is 390 g/mol. The fourth-order valence-electron chi connectivity index (χ4n) is 4.07. The molecule has 1 atom stereocenters. The fraction of sp³-hybridized carbons (Fsp3) is 0.440. The summed E-state index contributed by atoms with van der Waals surface area (Å²) >= 11 is 0. The van der Waals surface area contributed by atoms with Crippen molar-refractivity contribution >= 4 is 11.8 Å². The van der Waals surface area contributed by atoms with Crippen LogP contribution in [0.3, 0.4) is 0 Å². The second-order valence-electron chi connectivity index (χ2n) is 8.27. The highest BCUT2D eigenvalue weighted by Gasteiger charge is 2.23. The van der Waals surface area contributed by atoms with Gasteiger partial charge in [0, 0.05) is 32.6 Å². The monoisotopic (exact) mass is 423 g/mol. The predicted molar refractivity (Wildman–Crippen MR) is 122 cm³/mol. The Bertz CT molecular complexity index is 874.